The number of benzene rings is 1. The number of H-pyrrole nitrogens is 1. The normalized spacial score (nSPS) is 10.3. The summed E-state index contributed by atoms with van der Waals surface area (Å²) in [4.78, 5) is 13.4. The number of aromatic nitrogens is 1. The zero-order valence-electron chi connectivity index (χ0n) is 6.16. The summed E-state index contributed by atoms with van der Waals surface area (Å²) in [7, 11) is 0. The highest BCUT2D eigenvalue weighted by molar-refractivity contribution is 5.93. The highest BCUT2D eigenvalue weighted by Crippen LogP contribution is 2.13. The van der Waals surface area contributed by atoms with Crippen LogP contribution in [0.4, 0.5) is 0 Å². The molecule has 0 aliphatic carbocycles. The minimum Gasteiger partial charge on any atom is -0.478 e. The summed E-state index contributed by atoms with van der Waals surface area (Å²) in [5.41, 5.74) is 1.09. The molecule has 0 atom stereocenters. The fraction of sp³-hybridized carbons (Fsp3) is 0. The number of carbonyl (C=O) groups is 1. The number of carboxylic acids is 1. The molecule has 3 heteroatoms. The molecule has 0 saturated carbocycles. The Kier molecular flexibility index (Phi) is 1.37. The molecule has 1 aromatic heterocycles. The number of rotatable bonds is 1. The lowest BCUT2D eigenvalue weighted by molar-refractivity contribution is 0.0697. The Labute approximate surface area is 68.6 Å². The molecule has 0 saturated heterocycles. The lowest BCUT2D eigenvalue weighted by atomic mass is 10.2. The average Bonchev–Trinajstić information content (AvgIpc) is 2.49. The summed E-state index contributed by atoms with van der Waals surface area (Å²) in [6.45, 7) is 0. The van der Waals surface area contributed by atoms with Crippen LogP contribution >= 0.6 is 0 Å². The van der Waals surface area contributed by atoms with Crippen LogP contribution in [0.3, 0.4) is 0 Å². The molecule has 12 heavy (non-hydrogen) atoms. The molecule has 0 fully saturated rings. The second-order valence-electron chi connectivity index (χ2n) is 2.50. The van der Waals surface area contributed by atoms with Gasteiger partial charge in [0.1, 0.15) is 0 Å². The molecule has 0 aliphatic heterocycles. The van der Waals surface area contributed by atoms with Crippen molar-refractivity contribution in [3.8, 4) is 0 Å². The van der Waals surface area contributed by atoms with E-state index in [9.17, 15) is 4.79 Å². The van der Waals surface area contributed by atoms with Gasteiger partial charge in [0.15, 0.2) is 0 Å². The molecule has 0 aliphatic rings. The monoisotopic (exact) mass is 160 g/mol. The van der Waals surface area contributed by atoms with E-state index in [2.05, 4.69) is 11.1 Å². The van der Waals surface area contributed by atoms with Crippen LogP contribution in [0, 0.1) is 6.07 Å². The number of hydrogen-bond acceptors (Lipinski definition) is 1. The molecular weight excluding hydrogens is 154 g/mol. The number of nitrogens with one attached hydrogen (secondary N) is 1. The Hall–Kier alpha value is -1.77. The maximum absolute atomic E-state index is 10.5. The molecule has 0 bridgehead atoms. The Morgan fingerprint density at radius 2 is 2.33 bits per heavy atom. The van der Waals surface area contributed by atoms with E-state index in [0.717, 1.165) is 10.9 Å². The van der Waals surface area contributed by atoms with Crippen LogP contribution in [0.25, 0.3) is 10.9 Å². The molecule has 2 N–H and O–H groups in total. The van der Waals surface area contributed by atoms with Crippen LogP contribution in [-0.2, 0) is 0 Å². The summed E-state index contributed by atoms with van der Waals surface area (Å²) in [6, 6.07) is 7.82. The lowest BCUT2D eigenvalue weighted by Gasteiger charge is -1.93. The second kappa shape index (κ2) is 2.37. The molecule has 1 radical (unpaired) electrons. The maximum Gasteiger partial charge on any atom is 0.335 e. The van der Waals surface area contributed by atoms with Gasteiger partial charge < -0.3 is 10.1 Å². The van der Waals surface area contributed by atoms with Crippen LogP contribution in [-0.4, -0.2) is 16.1 Å². The first kappa shape index (κ1) is 6.91. The predicted molar refractivity (Wildman–Crippen MR) is 44.1 cm³/mol. The van der Waals surface area contributed by atoms with Gasteiger partial charge in [0.25, 0.3) is 0 Å². The lowest BCUT2D eigenvalue weighted by Crippen LogP contribution is -1.94. The smallest absolute Gasteiger partial charge is 0.335 e. The molecular formula is C9H6NO2. The Morgan fingerprint density at radius 3 is 3.08 bits per heavy atom. The summed E-state index contributed by atoms with van der Waals surface area (Å²) in [5.74, 6) is -0.911. The van der Waals surface area contributed by atoms with Gasteiger partial charge in [0.05, 0.1) is 5.56 Å². The number of carboxylic acid groups (broad SMARTS) is 1. The topological polar surface area (TPSA) is 53.1 Å². The van der Waals surface area contributed by atoms with Gasteiger partial charge in [0, 0.05) is 23.2 Å². The minimum absolute atomic E-state index is 0.290. The Bertz CT molecular complexity index is 431. The predicted octanol–water partition coefficient (Wildman–Crippen LogP) is 1.67. The first-order valence-corrected chi connectivity index (χ1v) is 3.49. The molecule has 0 spiro atoms. The highest BCUT2D eigenvalue weighted by atomic mass is 16.4. The van der Waals surface area contributed by atoms with Crippen molar-refractivity contribution in [3.05, 3.63) is 36.0 Å². The SMILES string of the molecule is O=C(O)c1ccc2[c]c[nH]c2c1. The van der Waals surface area contributed by atoms with Crippen molar-refractivity contribution in [2.24, 2.45) is 0 Å². The standard InChI is InChI=1S/C9H6NO2/c11-9(12)7-2-1-6-3-4-10-8(6)5-7/h1-2,4-5,10H,(H,11,12). The zero-order valence-corrected chi connectivity index (χ0v) is 6.16. The van der Waals surface area contributed by atoms with Crippen LogP contribution in [0.1, 0.15) is 10.4 Å². The summed E-state index contributed by atoms with van der Waals surface area (Å²) in [6.07, 6.45) is 1.66. The summed E-state index contributed by atoms with van der Waals surface area (Å²) < 4.78 is 0. The van der Waals surface area contributed by atoms with E-state index in [0.29, 0.717) is 5.56 Å². The van der Waals surface area contributed by atoms with Crippen molar-refractivity contribution in [1.29, 1.82) is 0 Å². The van der Waals surface area contributed by atoms with Crippen molar-refractivity contribution in [1.82, 2.24) is 4.98 Å². The van der Waals surface area contributed by atoms with Crippen LogP contribution in [0.2, 0.25) is 0 Å². The fourth-order valence-corrected chi connectivity index (χ4v) is 1.11. The Morgan fingerprint density at radius 1 is 1.50 bits per heavy atom. The van der Waals surface area contributed by atoms with Gasteiger partial charge in [-0.05, 0) is 12.1 Å². The number of aromatic amines is 1. The highest BCUT2D eigenvalue weighted by Gasteiger charge is 2.02. The molecule has 1 aromatic carbocycles. The van der Waals surface area contributed by atoms with E-state index in [4.69, 9.17) is 5.11 Å². The number of aromatic carboxylic acids is 1. The van der Waals surface area contributed by atoms with Gasteiger partial charge in [-0.25, -0.2) is 4.79 Å². The largest absolute Gasteiger partial charge is 0.478 e. The van der Waals surface area contributed by atoms with E-state index < -0.39 is 5.97 Å². The maximum atomic E-state index is 10.5. The van der Waals surface area contributed by atoms with Crippen molar-refractivity contribution < 1.29 is 9.90 Å². The van der Waals surface area contributed by atoms with Gasteiger partial charge >= 0.3 is 5.97 Å². The molecule has 2 rings (SSSR count). The van der Waals surface area contributed by atoms with Crippen molar-refractivity contribution in [3.63, 3.8) is 0 Å². The molecule has 59 valence electrons. The van der Waals surface area contributed by atoms with Gasteiger partial charge in [-0.15, -0.1) is 0 Å². The number of fused-ring (bicyclic) bond motifs is 1. The van der Waals surface area contributed by atoms with E-state index in [1.165, 1.54) is 0 Å². The van der Waals surface area contributed by atoms with E-state index >= 15 is 0 Å². The van der Waals surface area contributed by atoms with E-state index in [-0.39, 0.29) is 0 Å². The molecule has 0 unspecified atom stereocenters. The molecule has 0 amide bonds. The molecule has 1 heterocycles. The summed E-state index contributed by atoms with van der Waals surface area (Å²) in [5, 5.41) is 9.56. The third-order valence-electron chi connectivity index (χ3n) is 1.72. The van der Waals surface area contributed by atoms with Gasteiger partial charge in [-0.2, -0.15) is 0 Å². The van der Waals surface area contributed by atoms with Crippen LogP contribution < -0.4 is 0 Å². The summed E-state index contributed by atoms with van der Waals surface area (Å²) >= 11 is 0. The first-order chi connectivity index (χ1) is 5.77. The van der Waals surface area contributed by atoms with Crippen molar-refractivity contribution in [2.45, 2.75) is 0 Å². The quantitative estimate of drug-likeness (QED) is 0.666. The fourth-order valence-electron chi connectivity index (χ4n) is 1.11. The zero-order chi connectivity index (χ0) is 8.55. The van der Waals surface area contributed by atoms with Crippen LogP contribution in [0.5, 0.6) is 0 Å². The molecule has 2 aromatic rings. The van der Waals surface area contributed by atoms with E-state index in [1.54, 1.807) is 24.4 Å². The third-order valence-corrected chi connectivity index (χ3v) is 1.72. The van der Waals surface area contributed by atoms with Gasteiger partial charge in [-0.3, -0.25) is 0 Å². The number of hydrogen-bond donors (Lipinski definition) is 2. The third kappa shape index (κ3) is 0.955. The van der Waals surface area contributed by atoms with Gasteiger partial charge in [-0.1, -0.05) is 6.07 Å². The van der Waals surface area contributed by atoms with Crippen molar-refractivity contribution in [2.75, 3.05) is 0 Å². The van der Waals surface area contributed by atoms with Crippen LogP contribution in [0.15, 0.2) is 24.4 Å². The van der Waals surface area contributed by atoms with E-state index in [1.807, 2.05) is 0 Å². The molecule has 3 nitrogen and oxygen atoms in total. The average molecular weight is 160 g/mol. The van der Waals surface area contributed by atoms with Crippen molar-refractivity contribution >= 4 is 16.9 Å². The minimum atomic E-state index is -0.911. The van der Waals surface area contributed by atoms with Gasteiger partial charge in [0.2, 0.25) is 0 Å². The Balaban J connectivity index is 2.68. The first-order valence-electron chi connectivity index (χ1n) is 3.49. The second-order valence-corrected chi connectivity index (χ2v) is 2.50.